The first kappa shape index (κ1) is 18.7. The van der Waals surface area contributed by atoms with Crippen LogP contribution >= 0.6 is 23.2 Å². The molecule has 5 nitrogen and oxygen atoms in total. The Morgan fingerprint density at radius 1 is 1.04 bits per heavy atom. The summed E-state index contributed by atoms with van der Waals surface area (Å²) in [5, 5.41) is 11.5. The van der Waals surface area contributed by atoms with E-state index >= 15 is 0 Å². The van der Waals surface area contributed by atoms with Crippen molar-refractivity contribution in [1.29, 1.82) is 0 Å². The van der Waals surface area contributed by atoms with Gasteiger partial charge in [0.2, 0.25) is 11.7 Å². The number of anilines is 1. The van der Waals surface area contributed by atoms with Crippen molar-refractivity contribution in [3.8, 4) is 11.3 Å². The molecule has 4 rings (SSSR count). The number of halogens is 2. The van der Waals surface area contributed by atoms with Gasteiger partial charge in [0.25, 0.3) is 0 Å². The van der Waals surface area contributed by atoms with Gasteiger partial charge in [-0.05, 0) is 77.0 Å². The zero-order valence-electron chi connectivity index (χ0n) is 14.9. The number of aromatic nitrogens is 2. The van der Waals surface area contributed by atoms with Crippen LogP contribution in [-0.4, -0.2) is 16.2 Å². The van der Waals surface area contributed by atoms with Gasteiger partial charge >= 0.3 is 0 Å². The standard InChI is InChI=1S/C21H17Cl2N3O2/c22-17-9-7-14(18(23)12-17)8-10-19(27)24-21-20(25-28-26-21)16-6-5-13-3-1-2-4-15(13)11-16/h5-12H,1-4H2,(H,24,26,27)/b10-8+. The molecular weight excluding hydrogens is 397 g/mol. The molecule has 1 aliphatic rings. The molecule has 1 heterocycles. The number of carbonyl (C=O) groups is 1. The topological polar surface area (TPSA) is 68.0 Å². The summed E-state index contributed by atoms with van der Waals surface area (Å²) in [5.41, 5.74) is 4.78. The van der Waals surface area contributed by atoms with Crippen LogP contribution in [0, 0.1) is 0 Å². The quantitative estimate of drug-likeness (QED) is 0.567. The van der Waals surface area contributed by atoms with Crippen LogP contribution in [0.2, 0.25) is 10.0 Å². The van der Waals surface area contributed by atoms with Crippen LogP contribution in [0.15, 0.2) is 47.1 Å². The van der Waals surface area contributed by atoms with Crippen molar-refractivity contribution < 1.29 is 9.42 Å². The van der Waals surface area contributed by atoms with Gasteiger partial charge in [0.1, 0.15) is 0 Å². The van der Waals surface area contributed by atoms with Crippen LogP contribution in [0.3, 0.4) is 0 Å². The van der Waals surface area contributed by atoms with Crippen molar-refractivity contribution in [2.45, 2.75) is 25.7 Å². The summed E-state index contributed by atoms with van der Waals surface area (Å²) in [5.74, 6) is -0.0754. The largest absolute Gasteiger partial charge is 0.302 e. The minimum Gasteiger partial charge on any atom is -0.302 e. The number of hydrogen-bond donors (Lipinski definition) is 1. The minimum absolute atomic E-state index is 0.285. The number of carbonyl (C=O) groups excluding carboxylic acids is 1. The van der Waals surface area contributed by atoms with E-state index in [2.05, 4.69) is 27.8 Å². The number of nitrogens with zero attached hydrogens (tertiary/aromatic N) is 2. The first-order valence-corrected chi connectivity index (χ1v) is 9.74. The van der Waals surface area contributed by atoms with Gasteiger partial charge in [0.15, 0.2) is 5.69 Å². The lowest BCUT2D eigenvalue weighted by Gasteiger charge is -2.16. The highest BCUT2D eigenvalue weighted by Gasteiger charge is 2.17. The van der Waals surface area contributed by atoms with Crippen molar-refractivity contribution in [3.63, 3.8) is 0 Å². The molecule has 1 amide bonds. The number of aryl methyl sites for hydroxylation is 2. The fourth-order valence-corrected chi connectivity index (χ4v) is 3.77. The van der Waals surface area contributed by atoms with Gasteiger partial charge in [-0.1, -0.05) is 41.4 Å². The summed E-state index contributed by atoms with van der Waals surface area (Å²) in [6, 6.07) is 11.3. The zero-order chi connectivity index (χ0) is 19.5. The van der Waals surface area contributed by atoms with Gasteiger partial charge in [-0.15, -0.1) is 0 Å². The normalized spacial score (nSPS) is 13.5. The number of benzene rings is 2. The van der Waals surface area contributed by atoms with Crippen molar-refractivity contribution in [1.82, 2.24) is 10.3 Å². The molecule has 2 aromatic carbocycles. The third kappa shape index (κ3) is 4.11. The van der Waals surface area contributed by atoms with E-state index in [0.29, 0.717) is 21.3 Å². The summed E-state index contributed by atoms with van der Waals surface area (Å²) in [7, 11) is 0. The molecule has 0 spiro atoms. The molecule has 28 heavy (non-hydrogen) atoms. The fraction of sp³-hybridized carbons (Fsp3) is 0.190. The summed E-state index contributed by atoms with van der Waals surface area (Å²) < 4.78 is 4.87. The van der Waals surface area contributed by atoms with Gasteiger partial charge in [-0.2, -0.15) is 0 Å². The molecule has 7 heteroatoms. The molecule has 1 aliphatic carbocycles. The molecule has 1 aromatic heterocycles. The smallest absolute Gasteiger partial charge is 0.249 e. The highest BCUT2D eigenvalue weighted by molar-refractivity contribution is 6.35. The second-order valence-corrected chi connectivity index (χ2v) is 7.48. The van der Waals surface area contributed by atoms with E-state index in [1.807, 2.05) is 6.07 Å². The number of fused-ring (bicyclic) bond motifs is 1. The third-order valence-corrected chi connectivity index (χ3v) is 5.29. The Morgan fingerprint density at radius 2 is 1.86 bits per heavy atom. The van der Waals surface area contributed by atoms with Crippen molar-refractivity contribution in [3.05, 3.63) is 69.2 Å². The molecule has 1 N–H and O–H groups in total. The van der Waals surface area contributed by atoms with Gasteiger partial charge in [-0.25, -0.2) is 4.63 Å². The molecule has 3 aromatic rings. The van der Waals surface area contributed by atoms with E-state index in [1.165, 1.54) is 30.0 Å². The Labute approximate surface area is 172 Å². The molecule has 0 atom stereocenters. The maximum Gasteiger partial charge on any atom is 0.249 e. The van der Waals surface area contributed by atoms with Crippen LogP contribution < -0.4 is 5.32 Å². The number of hydrogen-bond acceptors (Lipinski definition) is 4. The molecule has 0 unspecified atom stereocenters. The van der Waals surface area contributed by atoms with Crippen molar-refractivity contribution in [2.75, 3.05) is 5.32 Å². The maximum atomic E-state index is 12.3. The first-order valence-electron chi connectivity index (χ1n) is 8.99. The Bertz CT molecular complexity index is 1060. The van der Waals surface area contributed by atoms with E-state index in [0.717, 1.165) is 18.4 Å². The molecule has 142 valence electrons. The third-order valence-electron chi connectivity index (χ3n) is 4.73. The lowest BCUT2D eigenvalue weighted by Crippen LogP contribution is -2.09. The summed E-state index contributed by atoms with van der Waals surface area (Å²) >= 11 is 12.0. The van der Waals surface area contributed by atoms with Crippen LogP contribution in [0.5, 0.6) is 0 Å². The van der Waals surface area contributed by atoms with Gasteiger partial charge < -0.3 is 5.32 Å². The second-order valence-electron chi connectivity index (χ2n) is 6.64. The van der Waals surface area contributed by atoms with Crippen LogP contribution in [0.1, 0.15) is 29.5 Å². The summed E-state index contributed by atoms with van der Waals surface area (Å²) in [4.78, 5) is 12.3. The van der Waals surface area contributed by atoms with Crippen molar-refractivity contribution >= 4 is 41.0 Å². The number of rotatable bonds is 4. The minimum atomic E-state index is -0.360. The highest BCUT2D eigenvalue weighted by Crippen LogP contribution is 2.30. The fourth-order valence-electron chi connectivity index (χ4n) is 3.30. The Balaban J connectivity index is 1.51. The molecule has 0 fully saturated rings. The van der Waals surface area contributed by atoms with Crippen LogP contribution in [0.25, 0.3) is 17.3 Å². The monoisotopic (exact) mass is 413 g/mol. The van der Waals surface area contributed by atoms with Crippen molar-refractivity contribution in [2.24, 2.45) is 0 Å². The van der Waals surface area contributed by atoms with E-state index in [4.69, 9.17) is 27.8 Å². The maximum absolute atomic E-state index is 12.3. The Hall–Kier alpha value is -2.63. The Morgan fingerprint density at radius 3 is 2.68 bits per heavy atom. The first-order chi connectivity index (χ1) is 13.6. The molecule has 0 aliphatic heterocycles. The van der Waals surface area contributed by atoms with E-state index in [-0.39, 0.29) is 11.7 Å². The molecule has 0 saturated heterocycles. The van der Waals surface area contributed by atoms with E-state index in [9.17, 15) is 4.79 Å². The van der Waals surface area contributed by atoms with E-state index < -0.39 is 0 Å². The van der Waals surface area contributed by atoms with Gasteiger partial charge in [0, 0.05) is 21.7 Å². The highest BCUT2D eigenvalue weighted by atomic mass is 35.5. The lowest BCUT2D eigenvalue weighted by molar-refractivity contribution is -0.111. The summed E-state index contributed by atoms with van der Waals surface area (Å²) in [6.07, 6.45) is 7.56. The predicted molar refractivity (Wildman–Crippen MR) is 111 cm³/mol. The molecular formula is C21H17Cl2N3O2. The van der Waals surface area contributed by atoms with Crippen LogP contribution in [-0.2, 0) is 17.6 Å². The predicted octanol–water partition coefficient (Wildman–Crippen LogP) is 5.57. The lowest BCUT2D eigenvalue weighted by atomic mass is 9.90. The van der Waals surface area contributed by atoms with Gasteiger partial charge in [-0.3, -0.25) is 4.79 Å². The average molecular weight is 414 g/mol. The average Bonchev–Trinajstić information content (AvgIpc) is 3.15. The second kappa shape index (κ2) is 8.17. The number of amides is 1. The molecule has 0 radical (unpaired) electrons. The van der Waals surface area contributed by atoms with E-state index in [1.54, 1.807) is 24.3 Å². The SMILES string of the molecule is O=C(/C=C/c1ccc(Cl)cc1Cl)Nc1nonc1-c1ccc2c(c1)CCCC2. The Kier molecular flexibility index (Phi) is 5.46. The molecule has 0 bridgehead atoms. The van der Waals surface area contributed by atoms with Crippen LogP contribution in [0.4, 0.5) is 5.82 Å². The van der Waals surface area contributed by atoms with Gasteiger partial charge in [0.05, 0.1) is 0 Å². The molecule has 0 saturated carbocycles. The number of nitrogens with one attached hydrogen (secondary N) is 1. The summed E-state index contributed by atoms with van der Waals surface area (Å²) in [6.45, 7) is 0. The zero-order valence-corrected chi connectivity index (χ0v) is 16.4.